The van der Waals surface area contributed by atoms with Crippen LogP contribution in [-0.4, -0.2) is 16.4 Å². The van der Waals surface area contributed by atoms with Crippen LogP contribution in [0, 0.1) is 19.3 Å². The highest BCUT2D eigenvalue weighted by molar-refractivity contribution is 5.94. The first kappa shape index (κ1) is 11.3. The molecule has 3 heteroatoms. The molecule has 0 aliphatic rings. The quantitative estimate of drug-likeness (QED) is 0.739. The molecule has 0 atom stereocenters. The van der Waals surface area contributed by atoms with E-state index < -0.39 is 5.54 Å². The fourth-order valence-electron chi connectivity index (χ4n) is 0.994. The van der Waals surface area contributed by atoms with Gasteiger partial charge in [0.2, 0.25) is 0 Å². The van der Waals surface area contributed by atoms with Crippen LogP contribution in [0.15, 0.2) is 18.3 Å². The number of hydrogen-bond acceptors (Lipinski definition) is 2. The molecule has 78 valence electrons. The van der Waals surface area contributed by atoms with Gasteiger partial charge in [0.15, 0.2) is 0 Å². The van der Waals surface area contributed by atoms with Gasteiger partial charge in [-0.15, -0.1) is 6.42 Å². The van der Waals surface area contributed by atoms with Crippen molar-refractivity contribution < 1.29 is 4.79 Å². The lowest BCUT2D eigenvalue weighted by Crippen LogP contribution is -2.42. The molecule has 0 aliphatic heterocycles. The molecule has 1 rings (SSSR count). The fourth-order valence-corrected chi connectivity index (χ4v) is 0.994. The summed E-state index contributed by atoms with van der Waals surface area (Å²) >= 11 is 0. The summed E-state index contributed by atoms with van der Waals surface area (Å²) in [6.07, 6.45) is 6.82. The molecule has 0 unspecified atom stereocenters. The fraction of sp³-hybridized carbons (Fsp3) is 0.333. The van der Waals surface area contributed by atoms with E-state index in [0.717, 1.165) is 5.69 Å². The SMILES string of the molecule is C#CC(C)(C)NC(=O)c1ccc(C)nc1. The molecule has 0 saturated carbocycles. The van der Waals surface area contributed by atoms with Crippen molar-refractivity contribution in [1.29, 1.82) is 0 Å². The van der Waals surface area contributed by atoms with E-state index in [2.05, 4.69) is 16.2 Å². The Bertz CT molecular complexity index is 399. The lowest BCUT2D eigenvalue weighted by Gasteiger charge is -2.19. The van der Waals surface area contributed by atoms with Gasteiger partial charge < -0.3 is 5.32 Å². The number of nitrogens with zero attached hydrogens (tertiary/aromatic N) is 1. The summed E-state index contributed by atoms with van der Waals surface area (Å²) in [5, 5.41) is 2.73. The van der Waals surface area contributed by atoms with Gasteiger partial charge >= 0.3 is 0 Å². The van der Waals surface area contributed by atoms with Gasteiger partial charge in [-0.1, -0.05) is 5.92 Å². The molecule has 0 saturated heterocycles. The molecule has 3 nitrogen and oxygen atoms in total. The van der Waals surface area contributed by atoms with E-state index in [0.29, 0.717) is 5.56 Å². The maximum atomic E-state index is 11.7. The van der Waals surface area contributed by atoms with Crippen LogP contribution in [0.1, 0.15) is 29.9 Å². The standard InChI is InChI=1S/C12H14N2O/c1-5-12(3,4)14-11(15)10-7-6-9(2)13-8-10/h1,6-8H,2-4H3,(H,14,15). The van der Waals surface area contributed by atoms with Gasteiger partial charge in [0.05, 0.1) is 11.1 Å². The summed E-state index contributed by atoms with van der Waals surface area (Å²) in [6.45, 7) is 5.41. The van der Waals surface area contributed by atoms with Gasteiger partial charge in [-0.25, -0.2) is 0 Å². The topological polar surface area (TPSA) is 42.0 Å². The predicted molar refractivity (Wildman–Crippen MR) is 59.4 cm³/mol. The first-order valence-corrected chi connectivity index (χ1v) is 4.67. The first-order valence-electron chi connectivity index (χ1n) is 4.67. The third-order valence-electron chi connectivity index (χ3n) is 1.96. The Morgan fingerprint density at radius 1 is 1.53 bits per heavy atom. The van der Waals surface area contributed by atoms with E-state index in [-0.39, 0.29) is 5.91 Å². The van der Waals surface area contributed by atoms with Gasteiger partial charge in [0.1, 0.15) is 0 Å². The number of pyridine rings is 1. The van der Waals surface area contributed by atoms with Gasteiger partial charge in [-0.3, -0.25) is 9.78 Å². The summed E-state index contributed by atoms with van der Waals surface area (Å²) in [5.41, 5.74) is 0.758. The van der Waals surface area contributed by atoms with Crippen molar-refractivity contribution in [2.45, 2.75) is 26.3 Å². The lowest BCUT2D eigenvalue weighted by molar-refractivity contribution is 0.0929. The summed E-state index contributed by atoms with van der Waals surface area (Å²) < 4.78 is 0. The molecule has 0 aromatic carbocycles. The van der Waals surface area contributed by atoms with Crippen LogP contribution in [0.5, 0.6) is 0 Å². The maximum Gasteiger partial charge on any atom is 0.254 e. The number of carbonyl (C=O) groups is 1. The van der Waals surface area contributed by atoms with Crippen molar-refractivity contribution in [2.24, 2.45) is 0 Å². The highest BCUT2D eigenvalue weighted by Gasteiger charge is 2.17. The molecule has 1 aromatic rings. The van der Waals surface area contributed by atoms with Crippen molar-refractivity contribution in [3.8, 4) is 12.3 Å². The van der Waals surface area contributed by atoms with E-state index in [9.17, 15) is 4.79 Å². The normalized spacial score (nSPS) is 10.5. The number of nitrogens with one attached hydrogen (secondary N) is 1. The number of amides is 1. The van der Waals surface area contributed by atoms with Gasteiger partial charge in [0, 0.05) is 11.9 Å². The summed E-state index contributed by atoms with van der Waals surface area (Å²) in [7, 11) is 0. The van der Waals surface area contributed by atoms with Crippen LogP contribution in [0.25, 0.3) is 0 Å². The first-order chi connectivity index (χ1) is 6.94. The highest BCUT2D eigenvalue weighted by atomic mass is 16.1. The minimum Gasteiger partial charge on any atom is -0.336 e. The monoisotopic (exact) mass is 202 g/mol. The Hall–Kier alpha value is -1.82. The maximum absolute atomic E-state index is 11.7. The second kappa shape index (κ2) is 4.14. The van der Waals surface area contributed by atoms with Crippen LogP contribution in [0.4, 0.5) is 0 Å². The molecule has 0 spiro atoms. The van der Waals surface area contributed by atoms with E-state index in [1.807, 2.05) is 6.92 Å². The molecule has 0 radical (unpaired) electrons. The number of aryl methyl sites for hydroxylation is 1. The highest BCUT2D eigenvalue weighted by Crippen LogP contribution is 2.04. The third kappa shape index (κ3) is 3.10. The number of terminal acetylenes is 1. The molecule has 0 fully saturated rings. The Balaban J connectivity index is 2.79. The molecule has 1 aromatic heterocycles. The second-order valence-electron chi connectivity index (χ2n) is 3.91. The molecular formula is C12H14N2O. The Morgan fingerprint density at radius 2 is 2.20 bits per heavy atom. The summed E-state index contributed by atoms with van der Waals surface area (Å²) in [4.78, 5) is 15.7. The molecule has 1 heterocycles. The molecule has 0 aliphatic carbocycles. The minimum absolute atomic E-state index is 0.203. The Kier molecular flexibility index (Phi) is 3.11. The number of aromatic nitrogens is 1. The van der Waals surface area contributed by atoms with Gasteiger partial charge in [-0.05, 0) is 32.9 Å². The van der Waals surface area contributed by atoms with Crippen molar-refractivity contribution in [2.75, 3.05) is 0 Å². The number of rotatable bonds is 2. The average Bonchev–Trinajstić information content (AvgIpc) is 2.18. The van der Waals surface area contributed by atoms with Crippen molar-refractivity contribution in [1.82, 2.24) is 10.3 Å². The lowest BCUT2D eigenvalue weighted by atomic mass is 10.1. The van der Waals surface area contributed by atoms with Crippen molar-refractivity contribution in [3.63, 3.8) is 0 Å². The largest absolute Gasteiger partial charge is 0.336 e. The summed E-state index contributed by atoms with van der Waals surface area (Å²) in [5.74, 6) is 2.30. The minimum atomic E-state index is -0.637. The van der Waals surface area contributed by atoms with Crippen LogP contribution >= 0.6 is 0 Å². The molecular weight excluding hydrogens is 188 g/mol. The molecule has 1 N–H and O–H groups in total. The predicted octanol–water partition coefficient (Wildman–Crippen LogP) is 1.53. The van der Waals surface area contributed by atoms with Crippen LogP contribution in [0.2, 0.25) is 0 Å². The zero-order chi connectivity index (χ0) is 11.5. The van der Waals surface area contributed by atoms with E-state index >= 15 is 0 Å². The van der Waals surface area contributed by atoms with E-state index in [4.69, 9.17) is 6.42 Å². The Labute approximate surface area is 89.9 Å². The van der Waals surface area contributed by atoms with Gasteiger partial charge in [0.25, 0.3) is 5.91 Å². The van der Waals surface area contributed by atoms with Crippen LogP contribution < -0.4 is 5.32 Å². The smallest absolute Gasteiger partial charge is 0.254 e. The third-order valence-corrected chi connectivity index (χ3v) is 1.96. The second-order valence-corrected chi connectivity index (χ2v) is 3.91. The molecule has 1 amide bonds. The van der Waals surface area contributed by atoms with Gasteiger partial charge in [-0.2, -0.15) is 0 Å². The van der Waals surface area contributed by atoms with E-state index in [1.54, 1.807) is 26.0 Å². The molecule has 15 heavy (non-hydrogen) atoms. The zero-order valence-corrected chi connectivity index (χ0v) is 9.16. The van der Waals surface area contributed by atoms with Crippen LogP contribution in [-0.2, 0) is 0 Å². The number of hydrogen-bond donors (Lipinski definition) is 1. The molecule has 0 bridgehead atoms. The Morgan fingerprint density at radius 3 is 2.67 bits per heavy atom. The summed E-state index contributed by atoms with van der Waals surface area (Å²) in [6, 6.07) is 3.52. The van der Waals surface area contributed by atoms with Crippen molar-refractivity contribution in [3.05, 3.63) is 29.6 Å². The average molecular weight is 202 g/mol. The number of carbonyl (C=O) groups excluding carboxylic acids is 1. The zero-order valence-electron chi connectivity index (χ0n) is 9.16. The van der Waals surface area contributed by atoms with Crippen molar-refractivity contribution >= 4 is 5.91 Å². The van der Waals surface area contributed by atoms with E-state index in [1.165, 1.54) is 6.20 Å². The van der Waals surface area contributed by atoms with Crippen LogP contribution in [0.3, 0.4) is 0 Å².